The van der Waals surface area contributed by atoms with Crippen molar-refractivity contribution in [1.29, 1.82) is 0 Å². The third-order valence-corrected chi connectivity index (χ3v) is 10.8. The predicted octanol–water partition coefficient (Wildman–Crippen LogP) is 14.1. The monoisotopic (exact) mass is 651 g/mol. The number of hydrogen-bond donors (Lipinski definition) is 0. The molecule has 0 radical (unpaired) electrons. The van der Waals surface area contributed by atoms with Crippen molar-refractivity contribution in [2.24, 2.45) is 11.8 Å². The molecule has 1 unspecified atom stereocenters. The first-order chi connectivity index (χ1) is 23.3. The third kappa shape index (κ3) is 9.36. The topological polar surface area (TPSA) is 18.5 Å². The van der Waals surface area contributed by atoms with Gasteiger partial charge in [0.15, 0.2) is 0 Å². The van der Waals surface area contributed by atoms with Gasteiger partial charge in [-0.05, 0) is 91.0 Å². The number of ether oxygens (including phenoxy) is 2. The van der Waals surface area contributed by atoms with Gasteiger partial charge in [-0.15, -0.1) is 0 Å². The van der Waals surface area contributed by atoms with E-state index in [1.807, 2.05) is 0 Å². The average molecular weight is 651 g/mol. The SMILES string of the molecule is CC=Cc1cc(OC)c(-c2ccc3c(c2)C(CCCCCC)(CCCCCC)c2cc(C)ccc2-3)cc1OCCC(C)CCCC(C)C. The van der Waals surface area contributed by atoms with E-state index in [9.17, 15) is 0 Å². The molecule has 1 aliphatic rings. The Bertz CT molecular complexity index is 1450. The van der Waals surface area contributed by atoms with E-state index in [0.717, 1.165) is 41.6 Å². The van der Waals surface area contributed by atoms with Crippen LogP contribution in [0.15, 0.2) is 54.6 Å². The number of fused-ring (bicyclic) bond motifs is 3. The van der Waals surface area contributed by atoms with Gasteiger partial charge in [-0.2, -0.15) is 0 Å². The molecule has 0 N–H and O–H groups in total. The van der Waals surface area contributed by atoms with Crippen molar-refractivity contribution < 1.29 is 9.47 Å². The maximum Gasteiger partial charge on any atom is 0.127 e. The van der Waals surface area contributed by atoms with Gasteiger partial charge in [0.1, 0.15) is 11.5 Å². The summed E-state index contributed by atoms with van der Waals surface area (Å²) in [4.78, 5) is 0. The van der Waals surface area contributed by atoms with E-state index in [0.29, 0.717) is 5.92 Å². The molecule has 1 aliphatic carbocycles. The largest absolute Gasteiger partial charge is 0.496 e. The van der Waals surface area contributed by atoms with E-state index < -0.39 is 0 Å². The quantitative estimate of drug-likeness (QED) is 0.107. The van der Waals surface area contributed by atoms with Crippen molar-refractivity contribution >= 4 is 6.08 Å². The summed E-state index contributed by atoms with van der Waals surface area (Å²) in [6.07, 6.45) is 21.9. The van der Waals surface area contributed by atoms with Crippen LogP contribution in [0.5, 0.6) is 11.5 Å². The van der Waals surface area contributed by atoms with Crippen LogP contribution in [0.2, 0.25) is 0 Å². The van der Waals surface area contributed by atoms with Crippen LogP contribution in [0.1, 0.15) is 154 Å². The fraction of sp³-hybridized carbons (Fsp3) is 0.565. The zero-order valence-electron chi connectivity index (χ0n) is 31.9. The van der Waals surface area contributed by atoms with E-state index in [-0.39, 0.29) is 5.41 Å². The summed E-state index contributed by atoms with van der Waals surface area (Å²) in [5, 5.41) is 0. The smallest absolute Gasteiger partial charge is 0.127 e. The Balaban J connectivity index is 1.74. The predicted molar refractivity (Wildman–Crippen MR) is 210 cm³/mol. The van der Waals surface area contributed by atoms with Crippen LogP contribution >= 0.6 is 0 Å². The molecule has 0 amide bonds. The average Bonchev–Trinajstić information content (AvgIpc) is 3.33. The number of hydrogen-bond acceptors (Lipinski definition) is 2. The lowest BCUT2D eigenvalue weighted by atomic mass is 9.70. The molecule has 0 bridgehead atoms. The normalized spacial score (nSPS) is 14.0. The maximum absolute atomic E-state index is 6.59. The maximum atomic E-state index is 6.59. The Morgan fingerprint density at radius 2 is 1.35 bits per heavy atom. The van der Waals surface area contributed by atoms with Gasteiger partial charge in [-0.1, -0.05) is 153 Å². The molecule has 48 heavy (non-hydrogen) atoms. The molecule has 0 heterocycles. The summed E-state index contributed by atoms with van der Waals surface area (Å²) in [6.45, 7) is 16.7. The van der Waals surface area contributed by atoms with Gasteiger partial charge in [-0.3, -0.25) is 0 Å². The number of unbranched alkanes of at least 4 members (excludes halogenated alkanes) is 6. The Morgan fingerprint density at radius 1 is 0.688 bits per heavy atom. The Morgan fingerprint density at radius 3 is 1.98 bits per heavy atom. The second kappa shape index (κ2) is 18.7. The van der Waals surface area contributed by atoms with Crippen LogP contribution in [0.25, 0.3) is 28.3 Å². The molecule has 4 rings (SSSR count). The number of methoxy groups -OCH3 is 1. The molecule has 0 aromatic heterocycles. The highest BCUT2D eigenvalue weighted by molar-refractivity contribution is 5.86. The second-order valence-electron chi connectivity index (χ2n) is 15.2. The molecule has 0 aliphatic heterocycles. The van der Waals surface area contributed by atoms with Crippen molar-refractivity contribution in [3.05, 3.63) is 76.9 Å². The number of allylic oxidation sites excluding steroid dienone is 1. The summed E-state index contributed by atoms with van der Waals surface area (Å²) >= 11 is 0. The summed E-state index contributed by atoms with van der Waals surface area (Å²) in [5.74, 6) is 3.29. The highest BCUT2D eigenvalue weighted by Crippen LogP contribution is 2.55. The minimum absolute atomic E-state index is 0.0529. The van der Waals surface area contributed by atoms with Gasteiger partial charge < -0.3 is 9.47 Å². The van der Waals surface area contributed by atoms with Gasteiger partial charge in [0.05, 0.1) is 13.7 Å². The van der Waals surface area contributed by atoms with Crippen molar-refractivity contribution in [2.75, 3.05) is 13.7 Å². The molecular formula is C46H66O2. The van der Waals surface area contributed by atoms with Gasteiger partial charge in [-0.25, -0.2) is 0 Å². The molecule has 2 heteroatoms. The van der Waals surface area contributed by atoms with Crippen LogP contribution in [0, 0.1) is 18.8 Å². The van der Waals surface area contributed by atoms with Crippen LogP contribution in [0.4, 0.5) is 0 Å². The van der Waals surface area contributed by atoms with Crippen LogP contribution in [-0.4, -0.2) is 13.7 Å². The highest BCUT2D eigenvalue weighted by atomic mass is 16.5. The second-order valence-corrected chi connectivity index (χ2v) is 15.2. The molecular weight excluding hydrogens is 585 g/mol. The first-order valence-electron chi connectivity index (χ1n) is 19.5. The van der Waals surface area contributed by atoms with Gasteiger partial charge in [0.25, 0.3) is 0 Å². The minimum atomic E-state index is 0.0529. The zero-order chi connectivity index (χ0) is 34.5. The number of benzene rings is 3. The summed E-state index contributed by atoms with van der Waals surface area (Å²) < 4.78 is 12.7. The molecule has 3 aromatic rings. The van der Waals surface area contributed by atoms with Crippen molar-refractivity contribution in [2.45, 2.75) is 144 Å². The van der Waals surface area contributed by atoms with Crippen LogP contribution in [0.3, 0.4) is 0 Å². The summed E-state index contributed by atoms with van der Waals surface area (Å²) in [6, 6.07) is 18.9. The van der Waals surface area contributed by atoms with Crippen molar-refractivity contribution in [3.8, 4) is 33.8 Å². The van der Waals surface area contributed by atoms with E-state index >= 15 is 0 Å². The standard InChI is InChI=1S/C46H66O2/c1-9-12-14-16-27-46(28-17-15-13-10-2)42-30-36(7)22-24-39(42)40-25-23-37(31-43(40)46)41-33-44(38(19-11-3)32-45(41)47-8)48-29-26-35(6)21-18-20-34(4)5/h11,19,22-25,30-35H,9-10,12-18,20-21,26-29H2,1-8H3. The Hall–Kier alpha value is -3.00. The Kier molecular flexibility index (Phi) is 14.7. The highest BCUT2D eigenvalue weighted by Gasteiger charge is 2.42. The Labute approximate surface area is 294 Å². The molecule has 0 saturated heterocycles. The summed E-state index contributed by atoms with van der Waals surface area (Å²) in [7, 11) is 1.80. The van der Waals surface area contributed by atoms with E-state index in [4.69, 9.17) is 9.47 Å². The van der Waals surface area contributed by atoms with Crippen molar-refractivity contribution in [3.63, 3.8) is 0 Å². The molecule has 1 atom stereocenters. The molecule has 0 fully saturated rings. The third-order valence-electron chi connectivity index (χ3n) is 10.8. The minimum Gasteiger partial charge on any atom is -0.496 e. The molecule has 0 saturated carbocycles. The van der Waals surface area contributed by atoms with Crippen molar-refractivity contribution in [1.82, 2.24) is 0 Å². The summed E-state index contributed by atoms with van der Waals surface area (Å²) in [5.41, 5.74) is 10.8. The van der Waals surface area contributed by atoms with Crippen LogP contribution < -0.4 is 9.47 Å². The molecule has 3 aromatic carbocycles. The van der Waals surface area contributed by atoms with E-state index in [1.165, 1.54) is 111 Å². The fourth-order valence-corrected chi connectivity index (χ4v) is 7.94. The number of rotatable bonds is 21. The molecule has 0 spiro atoms. The van der Waals surface area contributed by atoms with Gasteiger partial charge in [0, 0.05) is 16.5 Å². The van der Waals surface area contributed by atoms with Gasteiger partial charge in [0.2, 0.25) is 0 Å². The molecule has 262 valence electrons. The first-order valence-corrected chi connectivity index (χ1v) is 19.5. The van der Waals surface area contributed by atoms with Crippen LogP contribution in [-0.2, 0) is 5.41 Å². The zero-order valence-corrected chi connectivity index (χ0v) is 31.9. The van der Waals surface area contributed by atoms with E-state index in [2.05, 4.69) is 109 Å². The lowest BCUT2D eigenvalue weighted by Gasteiger charge is -2.33. The molecule has 2 nitrogen and oxygen atoms in total. The number of aryl methyl sites for hydroxylation is 1. The lowest BCUT2D eigenvalue weighted by molar-refractivity contribution is 0.275. The lowest BCUT2D eigenvalue weighted by Crippen LogP contribution is -2.25. The first kappa shape index (κ1) is 37.8. The fourth-order valence-electron chi connectivity index (χ4n) is 7.94. The van der Waals surface area contributed by atoms with E-state index in [1.54, 1.807) is 12.7 Å². The van der Waals surface area contributed by atoms with Gasteiger partial charge >= 0.3 is 0 Å².